The highest BCUT2D eigenvalue weighted by Crippen LogP contribution is 2.36. The van der Waals surface area contributed by atoms with Crippen LogP contribution in [0.4, 0.5) is 11.4 Å². The minimum atomic E-state index is -1.30. The first-order valence-electron chi connectivity index (χ1n) is 11.6. The van der Waals surface area contributed by atoms with Crippen molar-refractivity contribution in [3.8, 4) is 0 Å². The Hall–Kier alpha value is -2.49. The Labute approximate surface area is 196 Å². The molecule has 1 saturated carbocycles. The maximum Gasteiger partial charge on any atom is 0.261 e. The monoisotopic (exact) mass is 471 g/mol. The molecular formula is C24H33N5O3S. The molecule has 1 aliphatic carbocycles. The van der Waals surface area contributed by atoms with Gasteiger partial charge in [-0.3, -0.25) is 4.79 Å². The summed E-state index contributed by atoms with van der Waals surface area (Å²) in [5.74, 6) is 0.145. The molecule has 2 heterocycles. The van der Waals surface area contributed by atoms with E-state index in [1.807, 2.05) is 36.4 Å². The van der Waals surface area contributed by atoms with Crippen molar-refractivity contribution in [2.24, 2.45) is 10.7 Å². The third-order valence-corrected chi connectivity index (χ3v) is 8.37. The van der Waals surface area contributed by atoms with E-state index in [2.05, 4.69) is 15.3 Å². The molecule has 33 heavy (non-hydrogen) atoms. The molecule has 1 aliphatic heterocycles. The van der Waals surface area contributed by atoms with Gasteiger partial charge in [-0.15, -0.1) is 0 Å². The molecule has 8 nitrogen and oxygen atoms in total. The van der Waals surface area contributed by atoms with Gasteiger partial charge >= 0.3 is 0 Å². The number of hydrogen-bond acceptors (Lipinski definition) is 5. The van der Waals surface area contributed by atoms with Crippen LogP contribution in [0.2, 0.25) is 0 Å². The summed E-state index contributed by atoms with van der Waals surface area (Å²) < 4.78 is 14.9. The number of aliphatic imine (C=N–C) groups is 1. The van der Waals surface area contributed by atoms with Crippen LogP contribution in [-0.2, 0) is 17.5 Å². The number of aromatic nitrogens is 1. The molecule has 178 valence electrons. The predicted molar refractivity (Wildman–Crippen MR) is 132 cm³/mol. The first-order valence-corrected chi connectivity index (χ1v) is 12.7. The Bertz CT molecular complexity index is 1120. The summed E-state index contributed by atoms with van der Waals surface area (Å²) in [6.45, 7) is 4.49. The van der Waals surface area contributed by atoms with Crippen LogP contribution in [0.1, 0.15) is 63.5 Å². The van der Waals surface area contributed by atoms with Crippen LogP contribution in [0.5, 0.6) is 0 Å². The van der Waals surface area contributed by atoms with Crippen LogP contribution < -0.4 is 16.6 Å². The summed E-state index contributed by atoms with van der Waals surface area (Å²) in [7, 11) is -1.30. The zero-order valence-corrected chi connectivity index (χ0v) is 20.1. The molecule has 0 saturated heterocycles. The Morgan fingerprint density at radius 2 is 2.06 bits per heavy atom. The summed E-state index contributed by atoms with van der Waals surface area (Å²) >= 11 is 0. The summed E-state index contributed by atoms with van der Waals surface area (Å²) in [4.78, 5) is 20.6. The van der Waals surface area contributed by atoms with Gasteiger partial charge in [-0.25, -0.2) is 13.5 Å². The van der Waals surface area contributed by atoms with Crippen LogP contribution in [0.3, 0.4) is 0 Å². The fourth-order valence-electron chi connectivity index (χ4n) is 4.61. The first-order chi connectivity index (χ1) is 15.8. The van der Waals surface area contributed by atoms with E-state index in [0.717, 1.165) is 23.3 Å². The van der Waals surface area contributed by atoms with E-state index < -0.39 is 16.5 Å². The number of pyridine rings is 1. The largest absolute Gasteiger partial charge is 0.396 e. The molecule has 1 fully saturated rings. The van der Waals surface area contributed by atoms with Crippen LogP contribution in [-0.4, -0.2) is 42.6 Å². The fourth-order valence-corrected chi connectivity index (χ4v) is 6.18. The number of amidine groups is 1. The summed E-state index contributed by atoms with van der Waals surface area (Å²) in [5.41, 5.74) is 8.21. The van der Waals surface area contributed by atoms with Crippen molar-refractivity contribution in [2.45, 2.75) is 75.4 Å². The molecule has 1 atom stereocenters. The van der Waals surface area contributed by atoms with Crippen molar-refractivity contribution in [2.75, 3.05) is 11.9 Å². The Kier molecular flexibility index (Phi) is 7.02. The van der Waals surface area contributed by atoms with Crippen molar-refractivity contribution in [3.05, 3.63) is 51.9 Å². The van der Waals surface area contributed by atoms with Gasteiger partial charge in [-0.2, -0.15) is 0 Å². The minimum absolute atomic E-state index is 0.0337. The van der Waals surface area contributed by atoms with E-state index in [4.69, 9.17) is 5.73 Å². The fraction of sp³-hybridized carbons (Fsp3) is 0.500. The molecule has 2 aromatic rings. The van der Waals surface area contributed by atoms with Gasteiger partial charge in [-0.05, 0) is 62.9 Å². The Morgan fingerprint density at radius 3 is 2.79 bits per heavy atom. The summed E-state index contributed by atoms with van der Waals surface area (Å²) in [6, 6.07) is 7.62. The molecule has 1 unspecified atom stereocenters. The number of aromatic amines is 1. The van der Waals surface area contributed by atoms with Crippen molar-refractivity contribution < 1.29 is 9.32 Å². The highest BCUT2D eigenvalue weighted by atomic mass is 32.2. The number of aliphatic hydroxyl groups is 1. The second kappa shape index (κ2) is 9.79. The second-order valence-electron chi connectivity index (χ2n) is 9.44. The normalized spacial score (nSPS) is 20.1. The van der Waals surface area contributed by atoms with E-state index in [1.165, 1.54) is 19.3 Å². The predicted octanol–water partition coefficient (Wildman–Crippen LogP) is 3.16. The number of nitrogens with zero attached hydrogens (tertiary/aromatic N) is 2. The topological polar surface area (TPSA) is 124 Å². The number of anilines is 1. The van der Waals surface area contributed by atoms with Gasteiger partial charge in [0, 0.05) is 30.9 Å². The summed E-state index contributed by atoms with van der Waals surface area (Å²) in [6.07, 6.45) is 7.92. The van der Waals surface area contributed by atoms with Gasteiger partial charge < -0.3 is 21.1 Å². The van der Waals surface area contributed by atoms with Crippen LogP contribution in [0, 0.1) is 0 Å². The number of nitrogens with two attached hydrogens (primary N) is 1. The minimum Gasteiger partial charge on any atom is -0.396 e. The smallest absolute Gasteiger partial charge is 0.261 e. The Morgan fingerprint density at radius 1 is 1.30 bits per heavy atom. The average molecular weight is 472 g/mol. The highest BCUT2D eigenvalue weighted by molar-refractivity contribution is 7.83. The number of rotatable bonds is 7. The summed E-state index contributed by atoms with van der Waals surface area (Å²) in [5, 5.41) is 12.9. The SMILES string of the molecule is CC(C)(CCO)N1Cc2cc(N=C(N)c3c(NC4CCCCC4)cc[nH]c3=O)ccc2S1=O. The lowest BCUT2D eigenvalue weighted by Crippen LogP contribution is -2.42. The first kappa shape index (κ1) is 23.7. The van der Waals surface area contributed by atoms with Gasteiger partial charge in [0.1, 0.15) is 22.4 Å². The average Bonchev–Trinajstić information content (AvgIpc) is 3.11. The molecule has 0 bridgehead atoms. The second-order valence-corrected chi connectivity index (χ2v) is 10.8. The molecule has 0 amide bonds. The number of H-pyrrole nitrogens is 1. The van der Waals surface area contributed by atoms with E-state index >= 15 is 0 Å². The zero-order chi connectivity index (χ0) is 23.6. The molecule has 0 spiro atoms. The van der Waals surface area contributed by atoms with Crippen molar-refractivity contribution in [3.63, 3.8) is 0 Å². The molecule has 1 aromatic carbocycles. The number of benzene rings is 1. The standard InChI is InChI=1S/C24H33N5O3S/c1-24(2,11-13-30)29-15-16-14-18(8-9-20(16)33(29)32)28-22(25)21-19(10-12-26-23(21)31)27-17-6-4-3-5-7-17/h8-10,12,14,17,30H,3-7,11,13,15H2,1-2H3,(H2,25,28)(H2,26,27,31). The third-order valence-electron chi connectivity index (χ3n) is 6.58. The van der Waals surface area contributed by atoms with Gasteiger partial charge in [-0.1, -0.05) is 19.3 Å². The van der Waals surface area contributed by atoms with Gasteiger partial charge in [0.2, 0.25) is 0 Å². The van der Waals surface area contributed by atoms with E-state index in [-0.39, 0.29) is 18.0 Å². The number of nitrogens with one attached hydrogen (secondary N) is 2. The van der Waals surface area contributed by atoms with Crippen molar-refractivity contribution in [1.29, 1.82) is 0 Å². The maximum absolute atomic E-state index is 13.0. The van der Waals surface area contributed by atoms with Crippen LogP contribution in [0.25, 0.3) is 0 Å². The molecule has 4 rings (SSSR count). The molecular weight excluding hydrogens is 438 g/mol. The van der Waals surface area contributed by atoms with Gasteiger partial charge in [0.25, 0.3) is 5.56 Å². The molecule has 5 N–H and O–H groups in total. The lowest BCUT2D eigenvalue weighted by Gasteiger charge is -2.33. The molecule has 1 aromatic heterocycles. The van der Waals surface area contributed by atoms with Crippen LogP contribution in [0.15, 0.2) is 45.1 Å². The molecule has 2 aliphatic rings. The number of fused-ring (bicyclic) bond motifs is 1. The quantitative estimate of drug-likeness (QED) is 0.365. The van der Waals surface area contributed by atoms with E-state index in [0.29, 0.717) is 35.9 Å². The van der Waals surface area contributed by atoms with Gasteiger partial charge in [0.15, 0.2) is 0 Å². The lowest BCUT2D eigenvalue weighted by atomic mass is 9.95. The number of aliphatic hydroxyl groups excluding tert-OH is 1. The molecule has 9 heteroatoms. The van der Waals surface area contributed by atoms with Crippen molar-refractivity contribution in [1.82, 2.24) is 9.29 Å². The maximum atomic E-state index is 13.0. The number of hydrogen-bond donors (Lipinski definition) is 4. The third kappa shape index (κ3) is 5.05. The molecule has 0 radical (unpaired) electrons. The highest BCUT2D eigenvalue weighted by Gasteiger charge is 2.37. The van der Waals surface area contributed by atoms with Crippen LogP contribution >= 0.6 is 0 Å². The Balaban J connectivity index is 1.60. The lowest BCUT2D eigenvalue weighted by molar-refractivity contribution is 0.170. The van der Waals surface area contributed by atoms with Crippen molar-refractivity contribution >= 4 is 28.2 Å². The van der Waals surface area contributed by atoms with Gasteiger partial charge in [0.05, 0.1) is 16.3 Å². The van der Waals surface area contributed by atoms with E-state index in [1.54, 1.807) is 12.3 Å². The van der Waals surface area contributed by atoms with E-state index in [9.17, 15) is 14.1 Å². The zero-order valence-electron chi connectivity index (χ0n) is 19.3.